The first kappa shape index (κ1) is 12.2. The Labute approximate surface area is 123 Å². The summed E-state index contributed by atoms with van der Waals surface area (Å²) < 4.78 is 11.9. The van der Waals surface area contributed by atoms with Gasteiger partial charge in [-0.05, 0) is 59.0 Å². The standard InChI is InChI=1S/C13H10IN3O2/c14-9-3-5-10(6-4-9)15-8-12-16-17-13(19-12)11-2-1-7-18-11/h1-7,15H,8H2. The Hall–Kier alpha value is -1.83. The van der Waals surface area contributed by atoms with Crippen molar-refractivity contribution >= 4 is 28.3 Å². The van der Waals surface area contributed by atoms with Gasteiger partial charge in [0, 0.05) is 9.26 Å². The molecule has 2 aromatic heterocycles. The lowest BCUT2D eigenvalue weighted by Gasteiger charge is -2.02. The van der Waals surface area contributed by atoms with Gasteiger partial charge < -0.3 is 14.2 Å². The summed E-state index contributed by atoms with van der Waals surface area (Å²) in [6.45, 7) is 0.480. The summed E-state index contributed by atoms with van der Waals surface area (Å²) in [5, 5.41) is 11.1. The number of anilines is 1. The second-order valence-corrected chi connectivity index (χ2v) is 5.08. The molecular formula is C13H10IN3O2. The van der Waals surface area contributed by atoms with Crippen LogP contribution in [0.5, 0.6) is 0 Å². The zero-order chi connectivity index (χ0) is 13.1. The number of aromatic nitrogens is 2. The van der Waals surface area contributed by atoms with Crippen LogP contribution in [0.4, 0.5) is 5.69 Å². The van der Waals surface area contributed by atoms with Gasteiger partial charge in [0.05, 0.1) is 12.8 Å². The minimum absolute atomic E-state index is 0.393. The van der Waals surface area contributed by atoms with Crippen LogP contribution in [-0.2, 0) is 6.54 Å². The van der Waals surface area contributed by atoms with Crippen LogP contribution >= 0.6 is 22.6 Å². The number of hydrogen-bond acceptors (Lipinski definition) is 5. The smallest absolute Gasteiger partial charge is 0.283 e. The Morgan fingerprint density at radius 1 is 1.11 bits per heavy atom. The van der Waals surface area contributed by atoms with Gasteiger partial charge in [-0.2, -0.15) is 0 Å². The maximum Gasteiger partial charge on any atom is 0.283 e. The summed E-state index contributed by atoms with van der Waals surface area (Å²) in [6.07, 6.45) is 1.57. The summed E-state index contributed by atoms with van der Waals surface area (Å²) in [6, 6.07) is 11.6. The van der Waals surface area contributed by atoms with E-state index in [4.69, 9.17) is 8.83 Å². The fourth-order valence-corrected chi connectivity index (χ4v) is 1.93. The fourth-order valence-electron chi connectivity index (χ4n) is 1.57. The van der Waals surface area contributed by atoms with E-state index in [1.807, 2.05) is 24.3 Å². The highest BCUT2D eigenvalue weighted by molar-refractivity contribution is 14.1. The molecule has 3 aromatic rings. The molecule has 0 aliphatic rings. The molecule has 0 radical (unpaired) electrons. The van der Waals surface area contributed by atoms with Crippen molar-refractivity contribution in [1.29, 1.82) is 0 Å². The average Bonchev–Trinajstić information content (AvgIpc) is 3.09. The van der Waals surface area contributed by atoms with E-state index in [0.29, 0.717) is 24.1 Å². The first-order valence-corrected chi connectivity index (χ1v) is 6.75. The summed E-state index contributed by atoms with van der Waals surface area (Å²) >= 11 is 2.27. The second kappa shape index (κ2) is 5.43. The van der Waals surface area contributed by atoms with Crippen molar-refractivity contribution in [2.24, 2.45) is 0 Å². The number of benzene rings is 1. The molecule has 0 saturated carbocycles. The zero-order valence-electron chi connectivity index (χ0n) is 9.84. The van der Waals surface area contributed by atoms with E-state index in [1.54, 1.807) is 18.4 Å². The van der Waals surface area contributed by atoms with Gasteiger partial charge in [0.1, 0.15) is 0 Å². The predicted molar refractivity (Wildman–Crippen MR) is 78.5 cm³/mol. The minimum atomic E-state index is 0.393. The normalized spacial score (nSPS) is 10.6. The van der Waals surface area contributed by atoms with E-state index in [9.17, 15) is 0 Å². The van der Waals surface area contributed by atoms with E-state index < -0.39 is 0 Å². The third kappa shape index (κ3) is 2.95. The summed E-state index contributed by atoms with van der Waals surface area (Å²) in [5.74, 6) is 1.49. The van der Waals surface area contributed by atoms with Gasteiger partial charge in [-0.15, -0.1) is 10.2 Å². The Kier molecular flexibility index (Phi) is 3.49. The molecule has 0 atom stereocenters. The van der Waals surface area contributed by atoms with Gasteiger partial charge in [0.2, 0.25) is 5.89 Å². The van der Waals surface area contributed by atoms with E-state index in [1.165, 1.54) is 3.57 Å². The lowest BCUT2D eigenvalue weighted by Crippen LogP contribution is -1.99. The molecule has 96 valence electrons. The van der Waals surface area contributed by atoms with Gasteiger partial charge in [0.15, 0.2) is 5.76 Å². The molecule has 0 bridgehead atoms. The monoisotopic (exact) mass is 367 g/mol. The molecule has 3 rings (SSSR count). The average molecular weight is 367 g/mol. The Bertz CT molecular complexity index is 647. The molecule has 0 amide bonds. The van der Waals surface area contributed by atoms with E-state index in [-0.39, 0.29) is 0 Å². The molecule has 5 nitrogen and oxygen atoms in total. The van der Waals surface area contributed by atoms with Gasteiger partial charge in [-0.3, -0.25) is 0 Å². The number of hydrogen-bond donors (Lipinski definition) is 1. The summed E-state index contributed by atoms with van der Waals surface area (Å²) in [4.78, 5) is 0. The van der Waals surface area contributed by atoms with Crippen LogP contribution < -0.4 is 5.32 Å². The molecule has 0 spiro atoms. The first-order valence-electron chi connectivity index (χ1n) is 5.67. The molecule has 6 heteroatoms. The SMILES string of the molecule is Ic1ccc(NCc2nnc(-c3ccco3)o2)cc1. The number of halogens is 1. The maximum absolute atomic E-state index is 5.49. The molecule has 19 heavy (non-hydrogen) atoms. The van der Waals surface area contributed by atoms with Gasteiger partial charge in [-0.1, -0.05) is 0 Å². The van der Waals surface area contributed by atoms with Crippen LogP contribution in [0.3, 0.4) is 0 Å². The number of rotatable bonds is 4. The molecular weight excluding hydrogens is 357 g/mol. The van der Waals surface area contributed by atoms with E-state index >= 15 is 0 Å². The topological polar surface area (TPSA) is 64.1 Å². The van der Waals surface area contributed by atoms with Crippen molar-refractivity contribution in [3.05, 3.63) is 52.1 Å². The Morgan fingerprint density at radius 3 is 2.68 bits per heavy atom. The van der Waals surface area contributed by atoms with Crippen molar-refractivity contribution in [2.75, 3.05) is 5.32 Å². The van der Waals surface area contributed by atoms with Crippen LogP contribution in [-0.4, -0.2) is 10.2 Å². The summed E-state index contributed by atoms with van der Waals surface area (Å²) in [7, 11) is 0. The maximum atomic E-state index is 5.49. The second-order valence-electron chi connectivity index (χ2n) is 3.84. The van der Waals surface area contributed by atoms with Crippen LogP contribution in [0.15, 0.2) is 51.5 Å². The molecule has 0 aliphatic heterocycles. The van der Waals surface area contributed by atoms with Gasteiger partial charge in [-0.25, -0.2) is 0 Å². The lowest BCUT2D eigenvalue weighted by atomic mass is 10.3. The van der Waals surface area contributed by atoms with Crippen LogP contribution in [0.25, 0.3) is 11.7 Å². The molecule has 0 fully saturated rings. The highest BCUT2D eigenvalue weighted by Gasteiger charge is 2.10. The largest absolute Gasteiger partial charge is 0.459 e. The van der Waals surface area contributed by atoms with Crippen molar-refractivity contribution in [1.82, 2.24) is 10.2 Å². The third-order valence-corrected chi connectivity index (χ3v) is 3.21. The van der Waals surface area contributed by atoms with E-state index in [2.05, 4.69) is 38.1 Å². The zero-order valence-corrected chi connectivity index (χ0v) is 12.0. The van der Waals surface area contributed by atoms with Crippen molar-refractivity contribution in [3.63, 3.8) is 0 Å². The molecule has 0 aliphatic carbocycles. The third-order valence-electron chi connectivity index (χ3n) is 2.49. The Morgan fingerprint density at radius 2 is 1.95 bits per heavy atom. The molecule has 1 aromatic carbocycles. The van der Waals surface area contributed by atoms with Crippen LogP contribution in [0, 0.1) is 3.57 Å². The summed E-state index contributed by atoms with van der Waals surface area (Å²) in [5.41, 5.74) is 1.01. The fraction of sp³-hybridized carbons (Fsp3) is 0.0769. The van der Waals surface area contributed by atoms with Crippen LogP contribution in [0.1, 0.15) is 5.89 Å². The minimum Gasteiger partial charge on any atom is -0.459 e. The number of furan rings is 1. The first-order chi connectivity index (χ1) is 9.31. The quantitative estimate of drug-likeness (QED) is 0.715. The van der Waals surface area contributed by atoms with Gasteiger partial charge >= 0.3 is 0 Å². The lowest BCUT2D eigenvalue weighted by molar-refractivity contribution is 0.486. The number of nitrogens with zero attached hydrogens (tertiary/aromatic N) is 2. The van der Waals surface area contributed by atoms with Crippen molar-refractivity contribution in [3.8, 4) is 11.7 Å². The highest BCUT2D eigenvalue weighted by Crippen LogP contribution is 2.18. The van der Waals surface area contributed by atoms with Crippen molar-refractivity contribution in [2.45, 2.75) is 6.54 Å². The van der Waals surface area contributed by atoms with E-state index in [0.717, 1.165) is 5.69 Å². The molecule has 0 saturated heterocycles. The molecule has 1 N–H and O–H groups in total. The predicted octanol–water partition coefficient (Wildman–Crippen LogP) is 3.55. The van der Waals surface area contributed by atoms with Gasteiger partial charge in [0.25, 0.3) is 5.89 Å². The van der Waals surface area contributed by atoms with Crippen LogP contribution in [0.2, 0.25) is 0 Å². The highest BCUT2D eigenvalue weighted by atomic mass is 127. The van der Waals surface area contributed by atoms with Crippen molar-refractivity contribution < 1.29 is 8.83 Å². The number of nitrogens with one attached hydrogen (secondary N) is 1. The molecule has 2 heterocycles. The Balaban J connectivity index is 1.66. The molecule has 0 unspecified atom stereocenters.